The lowest BCUT2D eigenvalue weighted by molar-refractivity contribution is 0.285. The van der Waals surface area contributed by atoms with E-state index in [-0.39, 0.29) is 5.41 Å². The third kappa shape index (κ3) is 1.25. The number of hydrogen-bond donors (Lipinski definition) is 0. The van der Waals surface area contributed by atoms with Crippen molar-refractivity contribution >= 4 is 0 Å². The first-order valence-electron chi connectivity index (χ1n) is 7.44. The summed E-state index contributed by atoms with van der Waals surface area (Å²) < 4.78 is 0. The van der Waals surface area contributed by atoms with Crippen molar-refractivity contribution in [3.8, 4) is 0 Å². The van der Waals surface area contributed by atoms with Gasteiger partial charge in [-0.05, 0) is 41.0 Å². The lowest BCUT2D eigenvalue weighted by atomic mass is 9.51. The molecule has 0 saturated carbocycles. The first kappa shape index (κ1) is 11.3. The maximum Gasteiger partial charge on any atom is 0.0232 e. The van der Waals surface area contributed by atoms with E-state index in [1.165, 1.54) is 12.8 Å². The minimum absolute atomic E-state index is 0.252. The summed E-state index contributed by atoms with van der Waals surface area (Å²) in [7, 11) is 0. The van der Waals surface area contributed by atoms with Crippen LogP contribution in [0.15, 0.2) is 48.5 Å². The van der Waals surface area contributed by atoms with Gasteiger partial charge in [-0.3, -0.25) is 0 Å². The molecule has 0 N–H and O–H groups in total. The second-order valence-corrected chi connectivity index (χ2v) is 6.39. The van der Waals surface area contributed by atoms with Crippen LogP contribution in [0.5, 0.6) is 0 Å². The van der Waals surface area contributed by atoms with Crippen molar-refractivity contribution in [2.24, 2.45) is 5.92 Å². The molecule has 0 spiro atoms. The normalized spacial score (nSPS) is 27.2. The summed E-state index contributed by atoms with van der Waals surface area (Å²) in [5.41, 5.74) is 6.62. The van der Waals surface area contributed by atoms with Crippen LogP contribution in [-0.2, 0) is 5.41 Å². The van der Waals surface area contributed by atoms with E-state index in [0.717, 1.165) is 0 Å². The van der Waals surface area contributed by atoms with Gasteiger partial charge in [-0.15, -0.1) is 0 Å². The summed E-state index contributed by atoms with van der Waals surface area (Å²) in [5.74, 6) is 1.28. The molecular formula is C19H20. The zero-order chi connectivity index (χ0) is 13.0. The number of hydrogen-bond acceptors (Lipinski definition) is 0. The molecule has 3 aliphatic carbocycles. The molecule has 2 aromatic carbocycles. The summed E-state index contributed by atoms with van der Waals surface area (Å²) >= 11 is 0. The van der Waals surface area contributed by atoms with Gasteiger partial charge < -0.3 is 0 Å². The Balaban J connectivity index is 2.10. The first-order chi connectivity index (χ1) is 9.25. The zero-order valence-corrected chi connectivity index (χ0v) is 11.7. The summed E-state index contributed by atoms with van der Waals surface area (Å²) in [6.07, 6.45) is 2.62. The summed E-state index contributed by atoms with van der Waals surface area (Å²) in [5, 5.41) is 0. The Hall–Kier alpha value is -1.56. The second kappa shape index (κ2) is 3.72. The van der Waals surface area contributed by atoms with Gasteiger partial charge in [-0.1, -0.05) is 62.4 Å². The van der Waals surface area contributed by atoms with E-state index < -0.39 is 0 Å². The monoisotopic (exact) mass is 248 g/mol. The van der Waals surface area contributed by atoms with Crippen molar-refractivity contribution in [1.29, 1.82) is 0 Å². The van der Waals surface area contributed by atoms with Crippen molar-refractivity contribution in [3.63, 3.8) is 0 Å². The maximum absolute atomic E-state index is 2.39. The standard InChI is InChI=1S/C19H20/c1-13(2)19-12-11-14(15-7-3-5-9-17(15)19)16-8-4-6-10-18(16)19/h3-10,13-14H,11-12H2,1-2H3. The lowest BCUT2D eigenvalue weighted by Gasteiger charge is -2.52. The van der Waals surface area contributed by atoms with Crippen LogP contribution < -0.4 is 0 Å². The van der Waals surface area contributed by atoms with Gasteiger partial charge in [0.25, 0.3) is 0 Å². The topological polar surface area (TPSA) is 0 Å². The van der Waals surface area contributed by atoms with Gasteiger partial charge in [-0.25, -0.2) is 0 Å². The van der Waals surface area contributed by atoms with Crippen LogP contribution in [0.25, 0.3) is 0 Å². The second-order valence-electron chi connectivity index (χ2n) is 6.39. The smallest absolute Gasteiger partial charge is 0.0232 e. The van der Waals surface area contributed by atoms with E-state index in [2.05, 4.69) is 62.4 Å². The number of benzene rings is 2. The van der Waals surface area contributed by atoms with Gasteiger partial charge in [0.1, 0.15) is 0 Å². The van der Waals surface area contributed by atoms with Crippen LogP contribution in [0.4, 0.5) is 0 Å². The SMILES string of the molecule is CC(C)C12CCC(c3ccccc31)c1ccccc12. The van der Waals surface area contributed by atoms with E-state index in [1.807, 2.05) is 0 Å². The van der Waals surface area contributed by atoms with Crippen LogP contribution in [0.3, 0.4) is 0 Å². The number of fused-ring (bicyclic) bond motifs is 1. The fourth-order valence-corrected chi connectivity index (χ4v) is 4.59. The first-order valence-corrected chi connectivity index (χ1v) is 7.44. The number of rotatable bonds is 1. The molecule has 0 unspecified atom stereocenters. The molecule has 19 heavy (non-hydrogen) atoms. The van der Waals surface area contributed by atoms with E-state index in [0.29, 0.717) is 11.8 Å². The van der Waals surface area contributed by atoms with Crippen LogP contribution >= 0.6 is 0 Å². The molecular weight excluding hydrogens is 228 g/mol. The summed E-state index contributed by atoms with van der Waals surface area (Å²) in [6, 6.07) is 18.3. The molecule has 0 heterocycles. The zero-order valence-electron chi connectivity index (χ0n) is 11.7. The predicted octanol–water partition coefficient (Wildman–Crippen LogP) is 4.87. The third-order valence-corrected chi connectivity index (χ3v) is 5.45. The molecule has 0 nitrogen and oxygen atoms in total. The van der Waals surface area contributed by atoms with Gasteiger partial charge in [0.2, 0.25) is 0 Å². The highest BCUT2D eigenvalue weighted by Gasteiger charge is 2.49. The molecule has 0 saturated heterocycles. The van der Waals surface area contributed by atoms with E-state index >= 15 is 0 Å². The average molecular weight is 248 g/mol. The molecule has 5 rings (SSSR count). The quantitative estimate of drug-likeness (QED) is 0.675. The molecule has 2 bridgehead atoms. The molecule has 2 aromatic rings. The van der Waals surface area contributed by atoms with Gasteiger partial charge in [0.05, 0.1) is 0 Å². The Labute approximate surface area is 115 Å². The highest BCUT2D eigenvalue weighted by atomic mass is 14.5. The maximum atomic E-state index is 2.39. The summed E-state index contributed by atoms with van der Waals surface area (Å²) in [4.78, 5) is 0. The van der Waals surface area contributed by atoms with Crippen molar-refractivity contribution in [1.82, 2.24) is 0 Å². The van der Waals surface area contributed by atoms with Crippen molar-refractivity contribution in [2.75, 3.05) is 0 Å². The molecule has 0 atom stereocenters. The minimum Gasteiger partial charge on any atom is -0.0620 e. The Morgan fingerprint density at radius 1 is 0.895 bits per heavy atom. The van der Waals surface area contributed by atoms with Crippen molar-refractivity contribution in [3.05, 3.63) is 70.8 Å². The molecule has 0 radical (unpaired) electrons. The Bertz CT molecular complexity index is 588. The van der Waals surface area contributed by atoms with Gasteiger partial charge in [0, 0.05) is 11.3 Å². The molecule has 96 valence electrons. The summed E-state index contributed by atoms with van der Waals surface area (Å²) in [6.45, 7) is 4.78. The fourth-order valence-electron chi connectivity index (χ4n) is 4.59. The predicted molar refractivity (Wildman–Crippen MR) is 79.6 cm³/mol. The van der Waals surface area contributed by atoms with Crippen LogP contribution in [0.1, 0.15) is 54.9 Å². The molecule has 3 aliphatic rings. The Kier molecular flexibility index (Phi) is 2.21. The van der Waals surface area contributed by atoms with E-state index in [9.17, 15) is 0 Å². The van der Waals surface area contributed by atoms with Crippen LogP contribution in [0, 0.1) is 5.92 Å². The highest BCUT2D eigenvalue weighted by Crippen LogP contribution is 2.58. The van der Waals surface area contributed by atoms with Crippen LogP contribution in [0.2, 0.25) is 0 Å². The van der Waals surface area contributed by atoms with E-state index in [4.69, 9.17) is 0 Å². The van der Waals surface area contributed by atoms with Gasteiger partial charge in [-0.2, -0.15) is 0 Å². The largest absolute Gasteiger partial charge is 0.0620 e. The Morgan fingerprint density at radius 2 is 1.42 bits per heavy atom. The third-order valence-electron chi connectivity index (χ3n) is 5.45. The van der Waals surface area contributed by atoms with Crippen molar-refractivity contribution < 1.29 is 0 Å². The molecule has 0 aliphatic heterocycles. The van der Waals surface area contributed by atoms with E-state index in [1.54, 1.807) is 22.3 Å². The lowest BCUT2D eigenvalue weighted by Crippen LogP contribution is -2.43. The fraction of sp³-hybridized carbons (Fsp3) is 0.368. The molecule has 0 heteroatoms. The molecule has 0 fully saturated rings. The van der Waals surface area contributed by atoms with Crippen LogP contribution in [-0.4, -0.2) is 0 Å². The Morgan fingerprint density at radius 3 is 1.95 bits per heavy atom. The van der Waals surface area contributed by atoms with Gasteiger partial charge in [0.15, 0.2) is 0 Å². The molecule has 0 aromatic heterocycles. The molecule has 0 amide bonds. The highest BCUT2D eigenvalue weighted by molar-refractivity contribution is 5.59. The van der Waals surface area contributed by atoms with Gasteiger partial charge >= 0.3 is 0 Å². The van der Waals surface area contributed by atoms with Crippen molar-refractivity contribution in [2.45, 2.75) is 38.0 Å². The minimum atomic E-state index is 0.252. The average Bonchev–Trinajstić information content (AvgIpc) is 2.47.